The number of hydrogen-bond donors (Lipinski definition) is 1. The minimum Gasteiger partial charge on any atom is -0.297 e. The summed E-state index contributed by atoms with van der Waals surface area (Å²) in [5.41, 5.74) is -1.79. The largest absolute Gasteiger partial charge is 0.416 e. The lowest BCUT2D eigenvalue weighted by Gasteiger charge is -2.28. The van der Waals surface area contributed by atoms with Crippen molar-refractivity contribution in [3.05, 3.63) is 56.8 Å². The van der Waals surface area contributed by atoms with Crippen molar-refractivity contribution in [2.24, 2.45) is 0 Å². The average Bonchev–Trinajstić information content (AvgIpc) is 2.55. The van der Waals surface area contributed by atoms with Crippen LogP contribution in [0.5, 0.6) is 0 Å². The lowest BCUT2D eigenvalue weighted by Crippen LogP contribution is -2.36. The van der Waals surface area contributed by atoms with Crippen molar-refractivity contribution in [3.8, 4) is 0 Å². The maximum atomic E-state index is 14.0. The van der Waals surface area contributed by atoms with Gasteiger partial charge in [-0.15, -0.1) is 0 Å². The molecule has 0 saturated carbocycles. The number of benzene rings is 1. The second kappa shape index (κ2) is 6.71. The number of rotatable bonds is 3. The zero-order valence-corrected chi connectivity index (χ0v) is 14.9. The lowest BCUT2D eigenvalue weighted by molar-refractivity contribution is -0.138. The van der Waals surface area contributed by atoms with Gasteiger partial charge in [0.1, 0.15) is 5.82 Å². The first-order valence-electron chi connectivity index (χ1n) is 7.86. The Hall–Kier alpha value is -2.27. The van der Waals surface area contributed by atoms with Gasteiger partial charge in [0.2, 0.25) is 15.0 Å². The SMILES string of the molecule is CS(=O)(=O)c1nc2c(c(=O)[nH]1)CN(Cc1c(F)cccc1C(F)(F)F)CC2. The zero-order valence-electron chi connectivity index (χ0n) is 14.1. The molecule has 1 aliphatic rings. The van der Waals surface area contributed by atoms with Crippen molar-refractivity contribution in [1.82, 2.24) is 14.9 Å². The van der Waals surface area contributed by atoms with Crippen molar-refractivity contribution in [3.63, 3.8) is 0 Å². The Labute approximate surface area is 151 Å². The van der Waals surface area contributed by atoms with E-state index in [1.165, 1.54) is 4.90 Å². The summed E-state index contributed by atoms with van der Waals surface area (Å²) in [6.07, 6.45) is -3.63. The number of aromatic amines is 1. The molecule has 1 aliphatic heterocycles. The van der Waals surface area contributed by atoms with Crippen LogP contribution in [0.15, 0.2) is 28.2 Å². The third-order valence-electron chi connectivity index (χ3n) is 4.28. The molecule has 0 aliphatic carbocycles. The van der Waals surface area contributed by atoms with Crippen LogP contribution in [0.3, 0.4) is 0 Å². The van der Waals surface area contributed by atoms with E-state index >= 15 is 0 Å². The number of nitrogens with one attached hydrogen (secondary N) is 1. The zero-order chi connectivity index (χ0) is 20.0. The van der Waals surface area contributed by atoms with Gasteiger partial charge >= 0.3 is 6.18 Å². The van der Waals surface area contributed by atoms with E-state index < -0.39 is 43.7 Å². The highest BCUT2D eigenvalue weighted by atomic mass is 32.2. The van der Waals surface area contributed by atoms with Gasteiger partial charge in [0, 0.05) is 37.9 Å². The first-order valence-corrected chi connectivity index (χ1v) is 9.75. The van der Waals surface area contributed by atoms with Crippen LogP contribution in [-0.2, 0) is 35.5 Å². The molecule has 0 radical (unpaired) electrons. The molecule has 11 heteroatoms. The summed E-state index contributed by atoms with van der Waals surface area (Å²) >= 11 is 0. The summed E-state index contributed by atoms with van der Waals surface area (Å²) in [6.45, 7) is -0.195. The molecule has 0 atom stereocenters. The summed E-state index contributed by atoms with van der Waals surface area (Å²) in [4.78, 5) is 19.8. The number of sulfone groups is 1. The lowest BCUT2D eigenvalue weighted by atomic mass is 10.0. The molecule has 27 heavy (non-hydrogen) atoms. The standard InChI is InChI=1S/C16H15F4N3O3S/c1-27(25,26)15-21-13-5-6-23(8-10(13)14(24)22-15)7-9-11(16(18,19)20)3-2-4-12(9)17/h2-4H,5-8H2,1H3,(H,21,22,24). The van der Waals surface area contributed by atoms with E-state index in [0.29, 0.717) is 0 Å². The van der Waals surface area contributed by atoms with E-state index in [4.69, 9.17) is 0 Å². The Balaban J connectivity index is 1.92. The molecule has 0 saturated heterocycles. The molecule has 2 heterocycles. The summed E-state index contributed by atoms with van der Waals surface area (Å²) in [6, 6.07) is 2.76. The van der Waals surface area contributed by atoms with Crippen molar-refractivity contribution < 1.29 is 26.0 Å². The van der Waals surface area contributed by atoms with Crippen LogP contribution in [0.2, 0.25) is 0 Å². The summed E-state index contributed by atoms with van der Waals surface area (Å²) < 4.78 is 76.5. The van der Waals surface area contributed by atoms with Gasteiger partial charge in [0.15, 0.2) is 0 Å². The van der Waals surface area contributed by atoms with Crippen molar-refractivity contribution in [2.75, 3.05) is 12.8 Å². The topological polar surface area (TPSA) is 83.1 Å². The van der Waals surface area contributed by atoms with E-state index in [1.54, 1.807) is 0 Å². The molecule has 0 fully saturated rings. The monoisotopic (exact) mass is 405 g/mol. The van der Waals surface area contributed by atoms with Gasteiger partial charge in [-0.3, -0.25) is 14.7 Å². The predicted octanol–water partition coefficient (Wildman–Crippen LogP) is 1.89. The quantitative estimate of drug-likeness (QED) is 0.623. The van der Waals surface area contributed by atoms with Crippen LogP contribution >= 0.6 is 0 Å². The van der Waals surface area contributed by atoms with Crippen LogP contribution in [-0.4, -0.2) is 36.1 Å². The molecule has 1 aromatic heterocycles. The summed E-state index contributed by atoms with van der Waals surface area (Å²) in [5.74, 6) is -0.977. The number of aromatic nitrogens is 2. The Morgan fingerprint density at radius 1 is 1.30 bits per heavy atom. The van der Waals surface area contributed by atoms with Gasteiger partial charge in [-0.05, 0) is 12.1 Å². The van der Waals surface area contributed by atoms with Gasteiger partial charge in [-0.2, -0.15) is 13.2 Å². The molecule has 0 bridgehead atoms. The predicted molar refractivity (Wildman–Crippen MR) is 87.2 cm³/mol. The van der Waals surface area contributed by atoms with Crippen LogP contribution in [0.4, 0.5) is 17.6 Å². The number of alkyl halides is 3. The number of nitrogens with zero attached hydrogens (tertiary/aromatic N) is 2. The molecule has 1 N–H and O–H groups in total. The van der Waals surface area contributed by atoms with Gasteiger partial charge in [-0.25, -0.2) is 17.8 Å². The number of halogens is 4. The van der Waals surface area contributed by atoms with Crippen LogP contribution in [0.1, 0.15) is 22.4 Å². The van der Waals surface area contributed by atoms with Crippen LogP contribution < -0.4 is 5.56 Å². The highest BCUT2D eigenvalue weighted by Gasteiger charge is 2.35. The smallest absolute Gasteiger partial charge is 0.297 e. The summed E-state index contributed by atoms with van der Waals surface area (Å²) in [5, 5.41) is -0.451. The highest BCUT2D eigenvalue weighted by Crippen LogP contribution is 2.34. The molecule has 2 aromatic rings. The fourth-order valence-electron chi connectivity index (χ4n) is 2.98. The molecule has 6 nitrogen and oxygen atoms in total. The van der Waals surface area contributed by atoms with E-state index in [2.05, 4.69) is 9.97 Å². The average molecular weight is 405 g/mol. The van der Waals surface area contributed by atoms with Crippen molar-refractivity contribution in [1.29, 1.82) is 0 Å². The number of hydrogen-bond acceptors (Lipinski definition) is 5. The minimum atomic E-state index is -4.70. The molecule has 0 amide bonds. The number of H-pyrrole nitrogens is 1. The Morgan fingerprint density at radius 2 is 2.00 bits per heavy atom. The molecule has 0 unspecified atom stereocenters. The first-order chi connectivity index (χ1) is 12.5. The molecule has 1 aromatic carbocycles. The third-order valence-corrected chi connectivity index (χ3v) is 5.18. The van der Waals surface area contributed by atoms with Crippen molar-refractivity contribution in [2.45, 2.75) is 30.8 Å². The van der Waals surface area contributed by atoms with Crippen LogP contribution in [0, 0.1) is 5.82 Å². The summed E-state index contributed by atoms with van der Waals surface area (Å²) in [7, 11) is -3.70. The van der Waals surface area contributed by atoms with Gasteiger partial charge in [-0.1, -0.05) is 6.07 Å². The molecular formula is C16H15F4N3O3S. The molecule has 146 valence electrons. The van der Waals surface area contributed by atoms with Gasteiger partial charge < -0.3 is 0 Å². The van der Waals surface area contributed by atoms with E-state index in [-0.39, 0.29) is 37.3 Å². The van der Waals surface area contributed by atoms with E-state index in [0.717, 1.165) is 24.5 Å². The van der Waals surface area contributed by atoms with Gasteiger partial charge in [0.25, 0.3) is 5.56 Å². The van der Waals surface area contributed by atoms with Crippen LogP contribution in [0.25, 0.3) is 0 Å². The molecule has 3 rings (SSSR count). The Morgan fingerprint density at radius 3 is 2.63 bits per heavy atom. The fraction of sp³-hybridized carbons (Fsp3) is 0.375. The number of fused-ring (bicyclic) bond motifs is 1. The second-order valence-electron chi connectivity index (χ2n) is 6.29. The second-order valence-corrected chi connectivity index (χ2v) is 8.22. The van der Waals surface area contributed by atoms with E-state index in [9.17, 15) is 30.8 Å². The normalized spacial score (nSPS) is 15.6. The maximum Gasteiger partial charge on any atom is 0.416 e. The third kappa shape index (κ3) is 4.03. The van der Waals surface area contributed by atoms with Gasteiger partial charge in [0.05, 0.1) is 16.8 Å². The van der Waals surface area contributed by atoms with Crippen molar-refractivity contribution >= 4 is 9.84 Å². The Bertz CT molecular complexity index is 1050. The first kappa shape index (κ1) is 19.5. The molecular weight excluding hydrogens is 390 g/mol. The maximum absolute atomic E-state index is 14.0. The molecule has 0 spiro atoms. The van der Waals surface area contributed by atoms with E-state index in [1.807, 2.05) is 0 Å². The highest BCUT2D eigenvalue weighted by molar-refractivity contribution is 7.90. The Kier molecular flexibility index (Phi) is 4.85. The fourth-order valence-corrected chi connectivity index (χ4v) is 3.53. The minimum absolute atomic E-state index is 0.0622.